The topological polar surface area (TPSA) is 116 Å². The number of ether oxygens (including phenoxy) is 3. The molecule has 11 heteroatoms. The highest BCUT2D eigenvalue weighted by molar-refractivity contribution is 6.32. The Morgan fingerprint density at radius 1 is 0.956 bits per heavy atom. The second kappa shape index (κ2) is 18.2. The van der Waals surface area contributed by atoms with Crippen molar-refractivity contribution in [2.45, 2.75) is 104 Å². The summed E-state index contributed by atoms with van der Waals surface area (Å²) in [5.74, 6) is 0.212. The highest BCUT2D eigenvalue weighted by Crippen LogP contribution is 2.36. The van der Waals surface area contributed by atoms with Gasteiger partial charge in [-0.25, -0.2) is 4.79 Å². The molecule has 1 aromatic rings. The lowest BCUT2D eigenvalue weighted by Gasteiger charge is -2.35. The summed E-state index contributed by atoms with van der Waals surface area (Å²) < 4.78 is 16.0. The van der Waals surface area contributed by atoms with Crippen molar-refractivity contribution in [2.75, 3.05) is 35.0 Å². The maximum Gasteiger partial charge on any atom is 0.328 e. The van der Waals surface area contributed by atoms with Crippen molar-refractivity contribution in [3.05, 3.63) is 22.7 Å². The highest BCUT2D eigenvalue weighted by Gasteiger charge is 2.45. The minimum Gasteiger partial charge on any atom is -0.496 e. The Morgan fingerprint density at radius 2 is 1.58 bits per heavy atom. The lowest BCUT2D eigenvalue weighted by molar-refractivity contribution is -0.153. The van der Waals surface area contributed by atoms with Crippen LogP contribution in [0.1, 0.15) is 98.0 Å². The zero-order valence-electron chi connectivity index (χ0n) is 28.7. The minimum absolute atomic E-state index is 0.122. The van der Waals surface area contributed by atoms with Gasteiger partial charge in [0.05, 0.1) is 32.1 Å². The van der Waals surface area contributed by atoms with Crippen molar-refractivity contribution < 1.29 is 33.4 Å². The Hall–Kier alpha value is -3.01. The number of oxime groups is 1. The molecule has 1 N–H and O–H groups in total. The van der Waals surface area contributed by atoms with Gasteiger partial charge in [-0.15, -0.1) is 0 Å². The third-order valence-corrected chi connectivity index (χ3v) is 8.77. The molecule has 3 atom stereocenters. The molecule has 0 bridgehead atoms. The lowest BCUT2D eigenvalue weighted by atomic mass is 9.85. The van der Waals surface area contributed by atoms with Gasteiger partial charge in [0.1, 0.15) is 30.7 Å². The van der Waals surface area contributed by atoms with Gasteiger partial charge in [0.2, 0.25) is 11.8 Å². The second-order valence-electron chi connectivity index (χ2n) is 12.7. The molecular formula is C34H54ClN3O7. The molecule has 3 unspecified atom stereocenters. The summed E-state index contributed by atoms with van der Waals surface area (Å²) in [7, 11) is 5.82. The molecule has 1 heterocycles. The molecule has 1 aromatic carbocycles. The fourth-order valence-corrected chi connectivity index (χ4v) is 6.44. The third-order valence-electron chi connectivity index (χ3n) is 8.48. The molecule has 0 spiro atoms. The number of amides is 2. The van der Waals surface area contributed by atoms with E-state index < -0.39 is 23.5 Å². The first-order valence-electron chi connectivity index (χ1n) is 16.1. The molecule has 0 radical (unpaired) electrons. The standard InChI is InChI=1S/C32H48ClN3O7.C2H6/c1-32(2,3)29(34-28(37)16-20-12-10-8-9-11-13-20)30(38)36-19-21(15-25(36)31(39)42-6)14-24(35-43-7)22-17-23(33)27(41-5)18-26(22)40-4;1-2/h17-18,20-21,25,29H,8-16,19H2,1-7H3,(H,34,37);1-2H3/b35-24+;. The Morgan fingerprint density at radius 3 is 2.11 bits per heavy atom. The Kier molecular flexibility index (Phi) is 15.5. The molecule has 0 aromatic heterocycles. The first-order valence-corrected chi connectivity index (χ1v) is 16.5. The number of halogens is 1. The Bertz CT molecular complexity index is 1160. The largest absolute Gasteiger partial charge is 0.496 e. The van der Waals surface area contributed by atoms with Gasteiger partial charge in [-0.2, -0.15) is 0 Å². The molecule has 2 aliphatic rings. The number of carbonyl (C=O) groups excluding carboxylic acids is 3. The normalized spacial score (nSPS) is 19.9. The molecule has 254 valence electrons. The van der Waals surface area contributed by atoms with Crippen LogP contribution < -0.4 is 14.8 Å². The summed E-state index contributed by atoms with van der Waals surface area (Å²) in [4.78, 5) is 47.0. The molecule has 1 saturated carbocycles. The Balaban J connectivity index is 0.00000345. The summed E-state index contributed by atoms with van der Waals surface area (Å²) in [6.07, 6.45) is 7.91. The number of carbonyl (C=O) groups is 3. The molecule has 1 aliphatic carbocycles. The predicted molar refractivity (Wildman–Crippen MR) is 177 cm³/mol. The summed E-state index contributed by atoms with van der Waals surface area (Å²) in [5, 5.41) is 7.68. The average molecular weight is 652 g/mol. The third kappa shape index (κ3) is 10.5. The van der Waals surface area contributed by atoms with Gasteiger partial charge in [0.25, 0.3) is 0 Å². The van der Waals surface area contributed by atoms with E-state index in [0.717, 1.165) is 25.7 Å². The van der Waals surface area contributed by atoms with E-state index in [1.54, 1.807) is 17.0 Å². The zero-order valence-corrected chi connectivity index (χ0v) is 29.4. The van der Waals surface area contributed by atoms with Gasteiger partial charge >= 0.3 is 5.97 Å². The molecular weight excluding hydrogens is 598 g/mol. The van der Waals surface area contributed by atoms with Crippen LogP contribution in [0.25, 0.3) is 0 Å². The van der Waals surface area contributed by atoms with E-state index in [1.165, 1.54) is 41.3 Å². The molecule has 45 heavy (non-hydrogen) atoms. The van der Waals surface area contributed by atoms with Crippen molar-refractivity contribution in [1.29, 1.82) is 0 Å². The number of nitrogens with one attached hydrogen (secondary N) is 1. The van der Waals surface area contributed by atoms with E-state index in [1.807, 2.05) is 34.6 Å². The van der Waals surface area contributed by atoms with Gasteiger partial charge < -0.3 is 29.3 Å². The van der Waals surface area contributed by atoms with E-state index in [0.29, 0.717) is 53.0 Å². The van der Waals surface area contributed by atoms with Crippen LogP contribution >= 0.6 is 11.6 Å². The maximum atomic E-state index is 14.1. The molecule has 1 saturated heterocycles. The van der Waals surface area contributed by atoms with Crippen molar-refractivity contribution in [3.63, 3.8) is 0 Å². The van der Waals surface area contributed by atoms with Gasteiger partial charge in [0.15, 0.2) is 0 Å². The maximum absolute atomic E-state index is 14.1. The van der Waals surface area contributed by atoms with E-state index in [4.69, 9.17) is 30.6 Å². The second-order valence-corrected chi connectivity index (χ2v) is 13.1. The quantitative estimate of drug-likeness (QED) is 0.127. The van der Waals surface area contributed by atoms with Crippen molar-refractivity contribution in [1.82, 2.24) is 10.2 Å². The first kappa shape index (κ1) is 38.2. The molecule has 2 amide bonds. The van der Waals surface area contributed by atoms with Crippen LogP contribution in [0.15, 0.2) is 17.3 Å². The monoisotopic (exact) mass is 651 g/mol. The number of esters is 1. The van der Waals surface area contributed by atoms with Crippen LogP contribution in [0, 0.1) is 17.3 Å². The molecule has 10 nitrogen and oxygen atoms in total. The minimum atomic E-state index is -0.802. The number of rotatable bonds is 11. The van der Waals surface area contributed by atoms with E-state index >= 15 is 0 Å². The smallest absolute Gasteiger partial charge is 0.328 e. The average Bonchev–Trinajstić information content (AvgIpc) is 3.27. The van der Waals surface area contributed by atoms with Gasteiger partial charge in [0, 0.05) is 24.6 Å². The summed E-state index contributed by atoms with van der Waals surface area (Å²) in [6.45, 7) is 10.0. The van der Waals surface area contributed by atoms with Crippen LogP contribution in [0.5, 0.6) is 11.5 Å². The number of nitrogens with zero attached hydrogens (tertiary/aromatic N) is 2. The fourth-order valence-electron chi connectivity index (χ4n) is 6.20. The number of likely N-dealkylation sites (tertiary alicyclic amines) is 1. The summed E-state index contributed by atoms with van der Waals surface area (Å²) in [6, 6.07) is 1.78. The number of methoxy groups -OCH3 is 3. The summed E-state index contributed by atoms with van der Waals surface area (Å²) in [5.41, 5.74) is 0.592. The van der Waals surface area contributed by atoms with E-state index in [9.17, 15) is 14.4 Å². The van der Waals surface area contributed by atoms with Gasteiger partial charge in [-0.3, -0.25) is 9.59 Å². The van der Waals surface area contributed by atoms with Crippen LogP contribution in [-0.4, -0.2) is 75.5 Å². The predicted octanol–water partition coefficient (Wildman–Crippen LogP) is 6.41. The van der Waals surface area contributed by atoms with Crippen LogP contribution in [-0.2, 0) is 24.0 Å². The number of benzene rings is 1. The zero-order chi connectivity index (χ0) is 33.7. The lowest BCUT2D eigenvalue weighted by Crippen LogP contribution is -2.57. The summed E-state index contributed by atoms with van der Waals surface area (Å²) >= 11 is 6.43. The number of hydrogen-bond donors (Lipinski definition) is 1. The van der Waals surface area contributed by atoms with Crippen molar-refractivity contribution in [2.24, 2.45) is 22.4 Å². The SMILES string of the molecule is CC.CO/N=C(\CC1CC(C(=O)OC)N(C(=O)C(NC(=O)CC2CCCCCC2)C(C)(C)C)C1)c1cc(Cl)c(OC)cc1OC. The van der Waals surface area contributed by atoms with Crippen LogP contribution in [0.3, 0.4) is 0 Å². The number of hydrogen-bond acceptors (Lipinski definition) is 8. The molecule has 2 fully saturated rings. The Labute approximate surface area is 274 Å². The first-order chi connectivity index (χ1) is 21.4. The molecule has 3 rings (SSSR count). The highest BCUT2D eigenvalue weighted by atomic mass is 35.5. The van der Waals surface area contributed by atoms with Crippen molar-refractivity contribution in [3.8, 4) is 11.5 Å². The van der Waals surface area contributed by atoms with E-state index in [2.05, 4.69) is 10.5 Å². The van der Waals surface area contributed by atoms with Gasteiger partial charge in [-0.1, -0.05) is 77.1 Å². The van der Waals surface area contributed by atoms with Crippen LogP contribution in [0.4, 0.5) is 0 Å². The molecule has 1 aliphatic heterocycles. The van der Waals surface area contributed by atoms with Gasteiger partial charge in [-0.05, 0) is 49.0 Å². The fraction of sp³-hybridized carbons (Fsp3) is 0.706. The van der Waals surface area contributed by atoms with Crippen LogP contribution in [0.2, 0.25) is 5.02 Å². The van der Waals surface area contributed by atoms with E-state index in [-0.39, 0.29) is 24.3 Å². The van der Waals surface area contributed by atoms with Crippen molar-refractivity contribution >= 4 is 35.1 Å².